The predicted octanol–water partition coefficient (Wildman–Crippen LogP) is 4.38. The maximum absolute atomic E-state index is 13.7. The van der Waals surface area contributed by atoms with Gasteiger partial charge in [0.15, 0.2) is 11.5 Å². The Balaban J connectivity index is 1.88. The summed E-state index contributed by atoms with van der Waals surface area (Å²) in [7, 11) is 1.47. The van der Waals surface area contributed by atoms with Crippen LogP contribution in [0.1, 0.15) is 18.1 Å². The van der Waals surface area contributed by atoms with E-state index in [1.807, 2.05) is 0 Å². The molecule has 7 heteroatoms. The van der Waals surface area contributed by atoms with Crippen LogP contribution < -0.4 is 9.47 Å². The van der Waals surface area contributed by atoms with E-state index < -0.39 is 5.97 Å². The van der Waals surface area contributed by atoms with Crippen LogP contribution in [0, 0.1) is 5.82 Å². The molecule has 0 N–H and O–H groups in total. The van der Waals surface area contributed by atoms with Gasteiger partial charge in [0.25, 0.3) is 0 Å². The first kappa shape index (κ1) is 17.9. The zero-order valence-electron chi connectivity index (χ0n) is 14.1. The Morgan fingerprint density at radius 1 is 1.31 bits per heavy atom. The van der Waals surface area contributed by atoms with E-state index in [0.29, 0.717) is 33.9 Å². The molecule has 0 amide bonds. The van der Waals surface area contributed by atoms with Gasteiger partial charge in [0.2, 0.25) is 0 Å². The third-order valence-corrected chi connectivity index (χ3v) is 4.05. The molecule has 0 saturated carbocycles. The summed E-state index contributed by atoms with van der Waals surface area (Å²) in [6.45, 7) is 1.67. The minimum Gasteiger partial charge on any atom is -0.493 e. The molecule has 1 heterocycles. The molecule has 1 aliphatic heterocycles. The highest BCUT2D eigenvalue weighted by atomic mass is 35.5. The van der Waals surface area contributed by atoms with Gasteiger partial charge < -0.3 is 14.3 Å². The summed E-state index contributed by atoms with van der Waals surface area (Å²) in [6.07, 6.45) is 1.60. The van der Waals surface area contributed by atoms with Crippen LogP contribution in [0.25, 0.3) is 6.08 Å². The van der Waals surface area contributed by atoms with Crippen LogP contribution >= 0.6 is 11.6 Å². The smallest absolute Gasteiger partial charge is 0.367 e. The van der Waals surface area contributed by atoms with Gasteiger partial charge >= 0.3 is 5.97 Å². The van der Waals surface area contributed by atoms with Crippen LogP contribution in [0.4, 0.5) is 4.39 Å². The first-order valence-electron chi connectivity index (χ1n) is 7.71. The molecule has 0 bridgehead atoms. The van der Waals surface area contributed by atoms with E-state index in [9.17, 15) is 9.18 Å². The zero-order valence-corrected chi connectivity index (χ0v) is 14.8. The number of methoxy groups -OCH3 is 1. The van der Waals surface area contributed by atoms with Crippen molar-refractivity contribution in [2.75, 3.05) is 7.11 Å². The quantitative estimate of drug-likeness (QED) is 0.574. The van der Waals surface area contributed by atoms with Crippen LogP contribution in [0.5, 0.6) is 11.5 Å². The molecule has 0 unspecified atom stereocenters. The molecule has 26 heavy (non-hydrogen) atoms. The van der Waals surface area contributed by atoms with Gasteiger partial charge in [0.05, 0.1) is 23.4 Å². The Hall–Kier alpha value is -2.86. The van der Waals surface area contributed by atoms with Crippen molar-refractivity contribution in [2.45, 2.75) is 13.5 Å². The number of benzene rings is 2. The Morgan fingerprint density at radius 2 is 2.08 bits per heavy atom. The highest BCUT2D eigenvalue weighted by molar-refractivity contribution is 6.32. The van der Waals surface area contributed by atoms with Crippen LogP contribution in [0.15, 0.2) is 47.1 Å². The fourth-order valence-electron chi connectivity index (χ4n) is 2.41. The summed E-state index contributed by atoms with van der Waals surface area (Å²) in [4.78, 5) is 16.3. The number of halogens is 2. The van der Waals surface area contributed by atoms with E-state index in [0.717, 1.165) is 0 Å². The van der Waals surface area contributed by atoms with Crippen LogP contribution in [-0.4, -0.2) is 18.8 Å². The van der Waals surface area contributed by atoms with E-state index in [-0.39, 0.29) is 17.4 Å². The van der Waals surface area contributed by atoms with E-state index >= 15 is 0 Å². The Kier molecular flexibility index (Phi) is 5.23. The van der Waals surface area contributed by atoms with Crippen molar-refractivity contribution in [1.29, 1.82) is 0 Å². The molecule has 134 valence electrons. The number of carbonyl (C=O) groups is 1. The fraction of sp³-hybridized carbons (Fsp3) is 0.158. The standard InChI is InChI=1S/C19H15ClFNO4/c1-11-14(19(23)26-22-11)7-12-8-15(20)18(17(9-12)24-2)25-10-13-5-3-4-6-16(13)21/h3-9H,10H2,1-2H3/b14-7+. The molecule has 0 atom stereocenters. The molecular weight excluding hydrogens is 361 g/mol. The summed E-state index contributed by atoms with van der Waals surface area (Å²) in [5.74, 6) is -0.239. The molecule has 1 aliphatic rings. The third kappa shape index (κ3) is 3.70. The van der Waals surface area contributed by atoms with E-state index in [1.165, 1.54) is 13.2 Å². The number of hydrogen-bond donors (Lipinski definition) is 0. The first-order chi connectivity index (χ1) is 12.5. The highest BCUT2D eigenvalue weighted by Crippen LogP contribution is 2.37. The zero-order chi connectivity index (χ0) is 18.7. The molecule has 0 saturated heterocycles. The van der Waals surface area contributed by atoms with Crippen LogP contribution in [0.3, 0.4) is 0 Å². The molecule has 2 aromatic carbocycles. The van der Waals surface area contributed by atoms with Gasteiger partial charge in [-0.1, -0.05) is 35.0 Å². The minimum atomic E-state index is -0.530. The average Bonchev–Trinajstić information content (AvgIpc) is 2.93. The number of oxime groups is 1. The van der Waals surface area contributed by atoms with E-state index in [2.05, 4.69) is 9.99 Å². The molecule has 0 aliphatic carbocycles. The summed E-state index contributed by atoms with van der Waals surface area (Å²) in [6, 6.07) is 9.59. The van der Waals surface area contributed by atoms with E-state index in [4.69, 9.17) is 21.1 Å². The Bertz CT molecular complexity index is 924. The van der Waals surface area contributed by atoms with E-state index in [1.54, 1.807) is 43.3 Å². The van der Waals surface area contributed by atoms with Gasteiger partial charge in [-0.05, 0) is 36.8 Å². The van der Waals surface area contributed by atoms with Gasteiger partial charge in [-0.25, -0.2) is 9.18 Å². The largest absolute Gasteiger partial charge is 0.493 e. The maximum atomic E-state index is 13.7. The number of nitrogens with zero attached hydrogens (tertiary/aromatic N) is 1. The van der Waals surface area contributed by atoms with Crippen LogP contribution in [-0.2, 0) is 16.2 Å². The normalized spacial score (nSPS) is 15.0. The Labute approximate surface area is 154 Å². The molecule has 5 nitrogen and oxygen atoms in total. The molecule has 0 aromatic heterocycles. The number of ether oxygens (including phenoxy) is 2. The summed E-state index contributed by atoms with van der Waals surface area (Å²) < 4.78 is 24.7. The van der Waals surface area contributed by atoms with Crippen molar-refractivity contribution in [3.05, 3.63) is 63.9 Å². The van der Waals surface area contributed by atoms with Gasteiger partial charge in [0, 0.05) is 5.56 Å². The van der Waals surface area contributed by atoms with Crippen molar-refractivity contribution >= 4 is 29.4 Å². The number of rotatable bonds is 5. The lowest BCUT2D eigenvalue weighted by Crippen LogP contribution is -2.03. The highest BCUT2D eigenvalue weighted by Gasteiger charge is 2.22. The fourth-order valence-corrected chi connectivity index (χ4v) is 2.69. The maximum Gasteiger partial charge on any atom is 0.367 e. The number of carbonyl (C=O) groups excluding carboxylic acids is 1. The third-order valence-electron chi connectivity index (χ3n) is 3.77. The average molecular weight is 376 g/mol. The molecule has 3 rings (SSSR count). The second-order valence-electron chi connectivity index (χ2n) is 5.53. The SMILES string of the molecule is COc1cc(/C=C2/C(=O)ON=C2C)cc(Cl)c1OCc1ccccc1F. The summed E-state index contributed by atoms with van der Waals surface area (Å²) in [5.41, 5.74) is 1.83. The molecule has 0 fully saturated rings. The van der Waals surface area contributed by atoms with Gasteiger partial charge in [-0.15, -0.1) is 0 Å². The van der Waals surface area contributed by atoms with Gasteiger partial charge in [0.1, 0.15) is 12.4 Å². The molecule has 2 aromatic rings. The molecule has 0 radical (unpaired) electrons. The van der Waals surface area contributed by atoms with Crippen molar-refractivity contribution < 1.29 is 23.5 Å². The first-order valence-corrected chi connectivity index (χ1v) is 8.09. The second kappa shape index (κ2) is 7.58. The lowest BCUT2D eigenvalue weighted by molar-refractivity contribution is -0.136. The topological polar surface area (TPSA) is 57.1 Å². The second-order valence-corrected chi connectivity index (χ2v) is 5.93. The van der Waals surface area contributed by atoms with Crippen molar-refractivity contribution in [3.63, 3.8) is 0 Å². The lowest BCUT2D eigenvalue weighted by atomic mass is 10.1. The number of hydrogen-bond acceptors (Lipinski definition) is 5. The van der Waals surface area contributed by atoms with Gasteiger partial charge in [-0.3, -0.25) is 0 Å². The summed E-state index contributed by atoms with van der Waals surface area (Å²) in [5, 5.41) is 3.89. The van der Waals surface area contributed by atoms with Crippen molar-refractivity contribution in [2.24, 2.45) is 5.16 Å². The molecular formula is C19H15ClFNO4. The monoisotopic (exact) mass is 375 g/mol. The molecule has 0 spiro atoms. The van der Waals surface area contributed by atoms with Crippen molar-refractivity contribution in [1.82, 2.24) is 0 Å². The minimum absolute atomic E-state index is 0.00127. The Morgan fingerprint density at radius 3 is 2.73 bits per heavy atom. The lowest BCUT2D eigenvalue weighted by Gasteiger charge is -2.14. The van der Waals surface area contributed by atoms with Gasteiger partial charge in [-0.2, -0.15) is 0 Å². The van der Waals surface area contributed by atoms with Crippen molar-refractivity contribution in [3.8, 4) is 11.5 Å². The predicted molar refractivity (Wildman–Crippen MR) is 95.9 cm³/mol. The summed E-state index contributed by atoms with van der Waals surface area (Å²) >= 11 is 6.30. The van der Waals surface area contributed by atoms with Crippen LogP contribution in [0.2, 0.25) is 5.02 Å².